The van der Waals surface area contributed by atoms with E-state index in [4.69, 9.17) is 27.3 Å². The molecule has 2 aliphatic rings. The van der Waals surface area contributed by atoms with Gasteiger partial charge in [0.25, 0.3) is 0 Å². The number of hydrogen-bond donors (Lipinski definition) is 6. The average molecular weight is 491 g/mol. The standard InChI is InChI=1S/C23H35ClN8O2/c1-12(2)31-20-21(26-11-17-18(33)9-14(24)10-19(17)34)28-23(27-16-7-5-15(25)6-8-16)29-22(20)32(30-31)13(3)4/h9-10,12-13,15-16,30,33-34H,5-8,11,25H2,1-4H3,(H2,26,27,28,29). The molecule has 7 N–H and O–H groups in total. The molecule has 4 rings (SSSR count). The summed E-state index contributed by atoms with van der Waals surface area (Å²) in [6.07, 6.45) is 3.90. The van der Waals surface area contributed by atoms with Gasteiger partial charge in [-0.15, -0.1) is 5.53 Å². The normalized spacial score (nSPS) is 20.2. The third kappa shape index (κ3) is 5.03. The van der Waals surface area contributed by atoms with Crippen LogP contribution in [-0.2, 0) is 6.54 Å². The molecule has 1 aliphatic heterocycles. The summed E-state index contributed by atoms with van der Waals surface area (Å²) < 4.78 is 0. The van der Waals surface area contributed by atoms with Crippen LogP contribution in [0.3, 0.4) is 0 Å². The number of hydrazine groups is 2. The van der Waals surface area contributed by atoms with Crippen molar-refractivity contribution in [2.75, 3.05) is 20.7 Å². The van der Waals surface area contributed by atoms with E-state index in [9.17, 15) is 10.2 Å². The number of aromatic hydroxyl groups is 2. The van der Waals surface area contributed by atoms with E-state index >= 15 is 0 Å². The lowest BCUT2D eigenvalue weighted by atomic mass is 9.92. The fourth-order valence-corrected chi connectivity index (χ4v) is 4.58. The molecular weight excluding hydrogens is 456 g/mol. The Hall–Kier alpha value is -2.69. The van der Waals surface area contributed by atoms with Crippen molar-refractivity contribution in [3.05, 3.63) is 22.7 Å². The summed E-state index contributed by atoms with van der Waals surface area (Å²) in [5.74, 6) is 1.73. The van der Waals surface area contributed by atoms with Crippen molar-refractivity contribution in [2.24, 2.45) is 5.73 Å². The van der Waals surface area contributed by atoms with Crippen molar-refractivity contribution in [3.63, 3.8) is 0 Å². The second-order valence-electron chi connectivity index (χ2n) is 9.63. The quantitative estimate of drug-likeness (QED) is 0.341. The fraction of sp³-hybridized carbons (Fsp3) is 0.565. The summed E-state index contributed by atoms with van der Waals surface area (Å²) in [5.41, 5.74) is 10.7. The molecule has 1 aromatic heterocycles. The van der Waals surface area contributed by atoms with Crippen molar-refractivity contribution >= 4 is 34.9 Å². The molecule has 0 bridgehead atoms. The molecule has 0 amide bonds. The van der Waals surface area contributed by atoms with E-state index in [0.717, 1.165) is 37.2 Å². The van der Waals surface area contributed by atoms with E-state index in [-0.39, 0.29) is 47.2 Å². The Morgan fingerprint density at radius 2 is 1.68 bits per heavy atom. The summed E-state index contributed by atoms with van der Waals surface area (Å²) in [7, 11) is 0. The zero-order valence-corrected chi connectivity index (χ0v) is 20.9. The molecule has 1 saturated carbocycles. The summed E-state index contributed by atoms with van der Waals surface area (Å²) >= 11 is 5.94. The van der Waals surface area contributed by atoms with Crippen LogP contribution in [0.25, 0.3) is 0 Å². The number of benzene rings is 1. The molecule has 2 aromatic rings. The topological polar surface area (TPSA) is 135 Å². The van der Waals surface area contributed by atoms with Crippen LogP contribution in [0.4, 0.5) is 23.3 Å². The van der Waals surface area contributed by atoms with Gasteiger partial charge in [0.2, 0.25) is 5.95 Å². The number of nitrogens with one attached hydrogen (secondary N) is 3. The third-order valence-corrected chi connectivity index (χ3v) is 6.51. The highest BCUT2D eigenvalue weighted by molar-refractivity contribution is 6.30. The number of fused-ring (bicyclic) bond motifs is 1. The lowest BCUT2D eigenvalue weighted by molar-refractivity contribution is 0.410. The van der Waals surface area contributed by atoms with E-state index in [1.807, 2.05) is 10.0 Å². The Morgan fingerprint density at radius 3 is 2.26 bits per heavy atom. The van der Waals surface area contributed by atoms with Crippen molar-refractivity contribution in [3.8, 4) is 11.5 Å². The van der Waals surface area contributed by atoms with Crippen LogP contribution in [-0.4, -0.2) is 44.3 Å². The van der Waals surface area contributed by atoms with Crippen LogP contribution in [0.15, 0.2) is 12.1 Å². The Morgan fingerprint density at radius 1 is 1.06 bits per heavy atom. The number of hydrogen-bond acceptors (Lipinski definition) is 10. The molecule has 2 heterocycles. The number of nitrogens with two attached hydrogens (primary N) is 1. The van der Waals surface area contributed by atoms with Gasteiger partial charge in [-0.3, -0.25) is 10.0 Å². The number of rotatable bonds is 7. The SMILES string of the molecule is CC(C)N1NN(C(C)C)c2c(NCc3c(O)cc(Cl)cc3O)nc(NC3CCC(N)CC3)nc21. The van der Waals surface area contributed by atoms with Gasteiger partial charge < -0.3 is 26.6 Å². The Kier molecular flexibility index (Phi) is 7.11. The zero-order chi connectivity index (χ0) is 24.6. The van der Waals surface area contributed by atoms with Gasteiger partial charge in [0.1, 0.15) is 17.2 Å². The molecule has 10 nitrogen and oxygen atoms in total. The summed E-state index contributed by atoms with van der Waals surface area (Å²) in [5, 5.41) is 31.7. The lowest BCUT2D eigenvalue weighted by Crippen LogP contribution is -2.50. The second kappa shape index (κ2) is 9.89. The first-order valence-corrected chi connectivity index (χ1v) is 12.2. The van der Waals surface area contributed by atoms with Crippen LogP contribution in [0.1, 0.15) is 58.9 Å². The molecule has 0 saturated heterocycles. The summed E-state index contributed by atoms with van der Waals surface area (Å²) in [4.78, 5) is 9.69. The average Bonchev–Trinajstić information content (AvgIpc) is 3.15. The van der Waals surface area contributed by atoms with Gasteiger partial charge in [-0.05, 0) is 65.5 Å². The van der Waals surface area contributed by atoms with Crippen LogP contribution < -0.4 is 31.9 Å². The predicted molar refractivity (Wildman–Crippen MR) is 136 cm³/mol. The molecule has 186 valence electrons. The third-order valence-electron chi connectivity index (χ3n) is 6.29. The summed E-state index contributed by atoms with van der Waals surface area (Å²) in [6.45, 7) is 8.51. The van der Waals surface area contributed by atoms with Crippen LogP contribution in [0, 0.1) is 0 Å². The highest BCUT2D eigenvalue weighted by Gasteiger charge is 2.35. The first-order valence-electron chi connectivity index (χ1n) is 11.9. The predicted octanol–water partition coefficient (Wildman–Crippen LogP) is 3.70. The molecule has 0 radical (unpaired) electrons. The van der Waals surface area contributed by atoms with Gasteiger partial charge in [0, 0.05) is 35.7 Å². The number of aromatic nitrogens is 2. The molecule has 0 unspecified atom stereocenters. The van der Waals surface area contributed by atoms with Crippen LogP contribution >= 0.6 is 11.6 Å². The molecule has 1 aliphatic carbocycles. The monoisotopic (exact) mass is 490 g/mol. The van der Waals surface area contributed by atoms with E-state index in [2.05, 4.69) is 43.9 Å². The molecular formula is C23H35ClN8O2. The minimum absolute atomic E-state index is 0.0808. The maximum Gasteiger partial charge on any atom is 0.227 e. The number of anilines is 4. The second-order valence-corrected chi connectivity index (χ2v) is 10.1. The number of nitrogens with zero attached hydrogens (tertiary/aromatic N) is 4. The van der Waals surface area contributed by atoms with Gasteiger partial charge in [0.05, 0.1) is 5.56 Å². The zero-order valence-electron chi connectivity index (χ0n) is 20.1. The molecule has 34 heavy (non-hydrogen) atoms. The largest absolute Gasteiger partial charge is 0.507 e. The molecule has 1 aromatic carbocycles. The van der Waals surface area contributed by atoms with Crippen molar-refractivity contribution < 1.29 is 10.2 Å². The van der Waals surface area contributed by atoms with Gasteiger partial charge in [0.15, 0.2) is 11.6 Å². The van der Waals surface area contributed by atoms with Gasteiger partial charge in [-0.2, -0.15) is 9.97 Å². The van der Waals surface area contributed by atoms with Gasteiger partial charge in [-0.25, -0.2) is 0 Å². The van der Waals surface area contributed by atoms with Crippen LogP contribution in [0.2, 0.25) is 5.02 Å². The fourth-order valence-electron chi connectivity index (χ4n) is 4.38. The highest BCUT2D eigenvalue weighted by atomic mass is 35.5. The summed E-state index contributed by atoms with van der Waals surface area (Å²) in [6, 6.07) is 3.62. The van der Waals surface area contributed by atoms with E-state index < -0.39 is 0 Å². The number of phenolic OH excluding ortho intramolecular Hbond substituents is 2. The Bertz CT molecular complexity index is 1000. The van der Waals surface area contributed by atoms with Crippen molar-refractivity contribution in [2.45, 2.75) is 84.1 Å². The van der Waals surface area contributed by atoms with E-state index in [1.54, 1.807) is 0 Å². The number of halogens is 1. The first kappa shape index (κ1) is 24.4. The van der Waals surface area contributed by atoms with E-state index in [0.29, 0.717) is 17.3 Å². The molecule has 0 spiro atoms. The lowest BCUT2D eigenvalue weighted by Gasteiger charge is -2.27. The van der Waals surface area contributed by atoms with Crippen molar-refractivity contribution in [1.82, 2.24) is 15.5 Å². The highest BCUT2D eigenvalue weighted by Crippen LogP contribution is 2.41. The minimum atomic E-state index is -0.0808. The number of phenols is 2. The minimum Gasteiger partial charge on any atom is -0.507 e. The smallest absolute Gasteiger partial charge is 0.227 e. The maximum atomic E-state index is 10.3. The maximum absolute atomic E-state index is 10.3. The first-order chi connectivity index (χ1) is 16.1. The Balaban J connectivity index is 1.69. The molecule has 0 atom stereocenters. The van der Waals surface area contributed by atoms with Crippen molar-refractivity contribution in [1.29, 1.82) is 0 Å². The molecule has 1 fully saturated rings. The van der Waals surface area contributed by atoms with E-state index in [1.165, 1.54) is 12.1 Å². The Labute approximate surface area is 205 Å². The van der Waals surface area contributed by atoms with Crippen LogP contribution in [0.5, 0.6) is 11.5 Å². The van der Waals surface area contributed by atoms with Gasteiger partial charge >= 0.3 is 0 Å². The van der Waals surface area contributed by atoms with Gasteiger partial charge in [-0.1, -0.05) is 11.6 Å². The molecule has 11 heteroatoms.